The molecule has 78 valence electrons. The first-order chi connectivity index (χ1) is 5.85. The molecule has 1 atom stereocenters. The summed E-state index contributed by atoms with van der Waals surface area (Å²) in [5.41, 5.74) is 0. The Morgan fingerprint density at radius 2 is 2.00 bits per heavy atom. The molecule has 0 aromatic carbocycles. The third-order valence-electron chi connectivity index (χ3n) is 1.08. The second-order valence-corrected chi connectivity index (χ2v) is 2.55. The van der Waals surface area contributed by atoms with E-state index in [-0.39, 0.29) is 6.61 Å². The molecule has 6 heteroatoms. The van der Waals surface area contributed by atoms with Crippen LogP contribution in [0.3, 0.4) is 0 Å². The topological polar surface area (TPSA) is 35.5 Å². The first-order valence-electron chi connectivity index (χ1n) is 3.60. The van der Waals surface area contributed by atoms with Gasteiger partial charge in [-0.2, -0.15) is 13.2 Å². The average Bonchev–Trinajstić information content (AvgIpc) is 1.81. The molecular weight excluding hydrogens is 189 g/mol. The molecule has 0 fully saturated rings. The van der Waals surface area contributed by atoms with E-state index in [2.05, 4.69) is 9.47 Å². The Morgan fingerprint density at radius 3 is 2.38 bits per heavy atom. The molecule has 0 aliphatic rings. The SMILES string of the molecule is COCC(C)OC(=O)CC(F)(F)F. The van der Waals surface area contributed by atoms with Gasteiger partial charge in [0.2, 0.25) is 0 Å². The van der Waals surface area contributed by atoms with Crippen LogP contribution < -0.4 is 0 Å². The number of halogens is 3. The fourth-order valence-corrected chi connectivity index (χ4v) is 0.698. The van der Waals surface area contributed by atoms with Crippen LogP contribution in [-0.4, -0.2) is 32.0 Å². The van der Waals surface area contributed by atoms with Crippen molar-refractivity contribution >= 4 is 5.97 Å². The number of carbonyl (C=O) groups excluding carboxylic acids is 1. The van der Waals surface area contributed by atoms with Gasteiger partial charge in [-0.1, -0.05) is 0 Å². The van der Waals surface area contributed by atoms with Crippen molar-refractivity contribution in [3.05, 3.63) is 0 Å². The summed E-state index contributed by atoms with van der Waals surface area (Å²) in [7, 11) is 1.37. The van der Waals surface area contributed by atoms with E-state index < -0.39 is 24.7 Å². The lowest BCUT2D eigenvalue weighted by Crippen LogP contribution is -2.23. The van der Waals surface area contributed by atoms with Crippen LogP contribution in [0.1, 0.15) is 13.3 Å². The van der Waals surface area contributed by atoms with Crippen LogP contribution in [0.5, 0.6) is 0 Å². The van der Waals surface area contributed by atoms with E-state index in [4.69, 9.17) is 0 Å². The predicted octanol–water partition coefficient (Wildman–Crippen LogP) is 1.52. The van der Waals surface area contributed by atoms with Gasteiger partial charge in [-0.05, 0) is 6.92 Å². The monoisotopic (exact) mass is 200 g/mol. The number of alkyl halides is 3. The van der Waals surface area contributed by atoms with Gasteiger partial charge in [-0.15, -0.1) is 0 Å². The Bertz CT molecular complexity index is 167. The van der Waals surface area contributed by atoms with Gasteiger partial charge < -0.3 is 9.47 Å². The molecule has 0 heterocycles. The maximum Gasteiger partial charge on any atom is 0.399 e. The average molecular weight is 200 g/mol. The Hall–Kier alpha value is -0.780. The van der Waals surface area contributed by atoms with E-state index >= 15 is 0 Å². The van der Waals surface area contributed by atoms with Crippen LogP contribution in [0, 0.1) is 0 Å². The van der Waals surface area contributed by atoms with Gasteiger partial charge in [0, 0.05) is 7.11 Å². The van der Waals surface area contributed by atoms with Crippen LogP contribution in [-0.2, 0) is 14.3 Å². The smallest absolute Gasteiger partial charge is 0.399 e. The summed E-state index contributed by atoms with van der Waals surface area (Å²) >= 11 is 0. The highest BCUT2D eigenvalue weighted by atomic mass is 19.4. The summed E-state index contributed by atoms with van der Waals surface area (Å²) in [6.45, 7) is 1.54. The van der Waals surface area contributed by atoms with Crippen molar-refractivity contribution in [2.75, 3.05) is 13.7 Å². The molecule has 3 nitrogen and oxygen atoms in total. The molecule has 0 spiro atoms. The molecule has 0 aliphatic carbocycles. The Labute approximate surface area is 73.8 Å². The Balaban J connectivity index is 3.74. The fraction of sp³-hybridized carbons (Fsp3) is 0.857. The molecule has 0 aliphatic heterocycles. The molecule has 0 saturated carbocycles. The molecule has 0 bridgehead atoms. The van der Waals surface area contributed by atoms with Crippen LogP contribution in [0.25, 0.3) is 0 Å². The second-order valence-electron chi connectivity index (χ2n) is 2.55. The molecular formula is C7H11F3O3. The number of carbonyl (C=O) groups is 1. The molecule has 0 aromatic heterocycles. The van der Waals surface area contributed by atoms with Crippen molar-refractivity contribution < 1.29 is 27.4 Å². The normalized spacial score (nSPS) is 13.9. The number of esters is 1. The highest BCUT2D eigenvalue weighted by Gasteiger charge is 2.32. The molecule has 0 amide bonds. The van der Waals surface area contributed by atoms with E-state index in [0.29, 0.717) is 0 Å². The lowest BCUT2D eigenvalue weighted by molar-refractivity contribution is -0.176. The number of hydrogen-bond donors (Lipinski definition) is 0. The summed E-state index contributed by atoms with van der Waals surface area (Å²) in [5.74, 6) is -1.28. The van der Waals surface area contributed by atoms with Crippen LogP contribution >= 0.6 is 0 Å². The lowest BCUT2D eigenvalue weighted by Gasteiger charge is -2.12. The first kappa shape index (κ1) is 12.2. The zero-order valence-electron chi connectivity index (χ0n) is 7.35. The van der Waals surface area contributed by atoms with Gasteiger partial charge in [-0.3, -0.25) is 4.79 Å². The molecule has 0 N–H and O–H groups in total. The van der Waals surface area contributed by atoms with E-state index in [1.54, 1.807) is 0 Å². The van der Waals surface area contributed by atoms with Gasteiger partial charge in [0.05, 0.1) is 6.61 Å². The third-order valence-corrected chi connectivity index (χ3v) is 1.08. The second kappa shape index (κ2) is 5.06. The van der Waals surface area contributed by atoms with Crippen molar-refractivity contribution in [3.8, 4) is 0 Å². The van der Waals surface area contributed by atoms with E-state index in [9.17, 15) is 18.0 Å². The lowest BCUT2D eigenvalue weighted by atomic mass is 10.4. The van der Waals surface area contributed by atoms with Crippen LogP contribution in [0.2, 0.25) is 0 Å². The Kier molecular flexibility index (Phi) is 4.76. The molecule has 0 saturated heterocycles. The summed E-state index contributed by atoms with van der Waals surface area (Å²) in [4.78, 5) is 10.5. The van der Waals surface area contributed by atoms with Gasteiger partial charge in [0.15, 0.2) is 0 Å². The molecule has 1 unspecified atom stereocenters. The Morgan fingerprint density at radius 1 is 1.46 bits per heavy atom. The maximum absolute atomic E-state index is 11.6. The largest absolute Gasteiger partial charge is 0.460 e. The standard InChI is InChI=1S/C7H11F3O3/c1-5(4-12-2)13-6(11)3-7(8,9)10/h5H,3-4H2,1-2H3. The zero-order chi connectivity index (χ0) is 10.5. The van der Waals surface area contributed by atoms with Crippen molar-refractivity contribution in [2.24, 2.45) is 0 Å². The number of rotatable bonds is 4. The molecule has 0 aromatic rings. The molecule has 0 rings (SSSR count). The molecule has 13 heavy (non-hydrogen) atoms. The van der Waals surface area contributed by atoms with E-state index in [1.165, 1.54) is 14.0 Å². The highest BCUT2D eigenvalue weighted by Crippen LogP contribution is 2.20. The number of methoxy groups -OCH3 is 1. The van der Waals surface area contributed by atoms with Crippen molar-refractivity contribution in [1.82, 2.24) is 0 Å². The minimum atomic E-state index is -4.51. The summed E-state index contributed by atoms with van der Waals surface area (Å²) in [6.07, 6.45) is -6.72. The van der Waals surface area contributed by atoms with Crippen molar-refractivity contribution in [1.29, 1.82) is 0 Å². The highest BCUT2D eigenvalue weighted by molar-refractivity contribution is 5.70. The maximum atomic E-state index is 11.6. The summed E-state index contributed by atoms with van der Waals surface area (Å²) < 4.78 is 43.8. The quantitative estimate of drug-likeness (QED) is 0.645. The minimum Gasteiger partial charge on any atom is -0.460 e. The first-order valence-corrected chi connectivity index (χ1v) is 3.60. The zero-order valence-corrected chi connectivity index (χ0v) is 7.35. The third kappa shape index (κ3) is 7.58. The van der Waals surface area contributed by atoms with Gasteiger partial charge >= 0.3 is 12.1 Å². The van der Waals surface area contributed by atoms with Crippen LogP contribution in [0.15, 0.2) is 0 Å². The summed E-state index contributed by atoms with van der Waals surface area (Å²) in [5, 5.41) is 0. The van der Waals surface area contributed by atoms with Crippen molar-refractivity contribution in [3.63, 3.8) is 0 Å². The predicted molar refractivity (Wildman–Crippen MR) is 38.1 cm³/mol. The van der Waals surface area contributed by atoms with E-state index in [1.807, 2.05) is 0 Å². The van der Waals surface area contributed by atoms with E-state index in [0.717, 1.165) is 0 Å². The van der Waals surface area contributed by atoms with Crippen LogP contribution in [0.4, 0.5) is 13.2 Å². The molecule has 0 radical (unpaired) electrons. The van der Waals surface area contributed by atoms with Gasteiger partial charge in [0.1, 0.15) is 12.5 Å². The van der Waals surface area contributed by atoms with Crippen molar-refractivity contribution in [2.45, 2.75) is 25.6 Å². The fourth-order valence-electron chi connectivity index (χ4n) is 0.698. The van der Waals surface area contributed by atoms with Gasteiger partial charge in [-0.25, -0.2) is 0 Å². The van der Waals surface area contributed by atoms with Gasteiger partial charge in [0.25, 0.3) is 0 Å². The number of hydrogen-bond acceptors (Lipinski definition) is 3. The summed E-state index contributed by atoms with van der Waals surface area (Å²) in [6, 6.07) is 0. The minimum absolute atomic E-state index is 0.0869. The number of ether oxygens (including phenoxy) is 2.